The van der Waals surface area contributed by atoms with Crippen LogP contribution < -0.4 is 24.4 Å². The highest BCUT2D eigenvalue weighted by molar-refractivity contribution is 7.90. The van der Waals surface area contributed by atoms with E-state index in [0.717, 1.165) is 87.8 Å². The molecule has 16 nitrogen and oxygen atoms in total. The molecule has 1 amide bonds. The number of aromatic amines is 1. The fourth-order valence-corrected chi connectivity index (χ4v) is 12.5. The number of carbonyl (C=O) groups excluding carboxylic acids is 1. The number of ether oxygens (including phenoxy) is 2. The number of anilines is 2. The van der Waals surface area contributed by atoms with Crippen LogP contribution >= 0.6 is 0 Å². The molecule has 10 rings (SSSR count). The van der Waals surface area contributed by atoms with Crippen molar-refractivity contribution in [3.8, 4) is 17.2 Å². The van der Waals surface area contributed by atoms with Crippen molar-refractivity contribution in [2.45, 2.75) is 94.3 Å². The summed E-state index contributed by atoms with van der Waals surface area (Å²) < 4.78 is 41.6. The second-order valence-corrected chi connectivity index (χ2v) is 22.8. The molecule has 2 aliphatic carbocycles. The lowest BCUT2D eigenvalue weighted by molar-refractivity contribution is -0.384. The number of nitrogens with zero attached hydrogens (tertiary/aromatic N) is 5. The molecule has 1 unspecified atom stereocenters. The van der Waals surface area contributed by atoms with E-state index in [1.54, 1.807) is 31.5 Å². The lowest BCUT2D eigenvalue weighted by Crippen LogP contribution is -2.68. The van der Waals surface area contributed by atoms with Gasteiger partial charge in [-0.05, 0) is 123 Å². The van der Waals surface area contributed by atoms with E-state index in [1.807, 2.05) is 31.2 Å². The first-order valence-electron chi connectivity index (χ1n) is 25.1. The first-order valence-corrected chi connectivity index (χ1v) is 26.5. The lowest BCUT2D eigenvalue weighted by Gasteiger charge is -2.63. The third-order valence-corrected chi connectivity index (χ3v) is 16.9. The number of nitro groups is 1. The van der Waals surface area contributed by atoms with Crippen LogP contribution in [0, 0.1) is 21.4 Å². The molecule has 2 saturated heterocycles. The molecule has 4 heterocycles. The minimum Gasteiger partial charge on any atom is -0.497 e. The third-order valence-electron chi connectivity index (χ3n) is 15.6. The molecule has 0 bridgehead atoms. The van der Waals surface area contributed by atoms with Gasteiger partial charge in [-0.3, -0.25) is 24.7 Å². The highest BCUT2D eigenvalue weighted by Gasteiger charge is 2.55. The van der Waals surface area contributed by atoms with Crippen LogP contribution in [0.5, 0.6) is 17.2 Å². The van der Waals surface area contributed by atoms with Crippen LogP contribution in [0.1, 0.15) is 98.3 Å². The summed E-state index contributed by atoms with van der Waals surface area (Å²) in [5.41, 5.74) is 4.71. The van der Waals surface area contributed by atoms with E-state index in [0.29, 0.717) is 42.7 Å². The molecule has 1 spiro atoms. The maximum absolute atomic E-state index is 14.1. The second kappa shape index (κ2) is 19.8. The smallest absolute Gasteiger partial charge is 0.293 e. The van der Waals surface area contributed by atoms with Crippen LogP contribution in [0.4, 0.5) is 17.1 Å². The molecular formula is C55H64N8O8S. The molecule has 72 heavy (non-hydrogen) atoms. The topological polar surface area (TPSA) is 195 Å². The van der Waals surface area contributed by atoms with Crippen LogP contribution in [-0.2, 0) is 16.6 Å². The van der Waals surface area contributed by atoms with Crippen molar-refractivity contribution in [1.29, 1.82) is 0 Å². The number of benzene rings is 4. The molecule has 4 fully saturated rings. The summed E-state index contributed by atoms with van der Waals surface area (Å²) >= 11 is 0. The lowest BCUT2D eigenvalue weighted by atomic mass is 9.59. The Morgan fingerprint density at radius 2 is 1.74 bits per heavy atom. The molecule has 4 aliphatic rings. The number of aliphatic hydroxyl groups is 1. The summed E-state index contributed by atoms with van der Waals surface area (Å²) in [6.45, 7) is 12.2. The average molecular weight is 997 g/mol. The number of carbonyl (C=O) groups is 1. The Bertz CT molecular complexity index is 3060. The van der Waals surface area contributed by atoms with Crippen molar-refractivity contribution in [1.82, 2.24) is 24.5 Å². The minimum absolute atomic E-state index is 0.0338. The molecule has 0 radical (unpaired) electrons. The summed E-state index contributed by atoms with van der Waals surface area (Å²) in [5, 5.41) is 26.5. The van der Waals surface area contributed by atoms with E-state index in [-0.39, 0.29) is 34.4 Å². The Labute approximate surface area is 420 Å². The van der Waals surface area contributed by atoms with Crippen LogP contribution in [0.15, 0.2) is 114 Å². The summed E-state index contributed by atoms with van der Waals surface area (Å²) in [4.78, 5) is 40.4. The number of pyridine rings is 1. The predicted molar refractivity (Wildman–Crippen MR) is 277 cm³/mol. The Kier molecular flexibility index (Phi) is 13.5. The molecule has 2 aliphatic heterocycles. The zero-order valence-corrected chi connectivity index (χ0v) is 42.2. The number of hydrogen-bond acceptors (Lipinski definition) is 13. The molecule has 378 valence electrons. The van der Waals surface area contributed by atoms with Gasteiger partial charge in [-0.2, -0.15) is 0 Å². The molecule has 6 aromatic rings. The van der Waals surface area contributed by atoms with Gasteiger partial charge in [0.05, 0.1) is 34.3 Å². The maximum atomic E-state index is 14.1. The number of nitro benzene ring substituents is 1. The fraction of sp³-hybridized carbons (Fsp3) is 0.418. The van der Waals surface area contributed by atoms with Gasteiger partial charge < -0.3 is 29.8 Å². The number of piperazine rings is 1. The second-order valence-electron chi connectivity index (χ2n) is 21.1. The van der Waals surface area contributed by atoms with Crippen molar-refractivity contribution in [3.63, 3.8) is 0 Å². The zero-order valence-electron chi connectivity index (χ0n) is 41.3. The summed E-state index contributed by atoms with van der Waals surface area (Å²) in [6.07, 6.45) is 8.24. The minimum atomic E-state index is -4.59. The standard InChI is InChI=1S/C55H64N8O8S/c1-36(2)45-7-5-6-8-46(45)50-33-60(32-38-9-12-42(70-4)13-10-38)23-24-62(50)41-28-55(29-41)34-61(35-55)40-11-15-47(51(26-40)71-43-25-39-19-22-56-52(39)58-31-43)53(64)59-72(68,69)44-14-16-48(49(27-44)63(66)67)57-30-37-17-20-54(3,65)21-18-37/h5-16,19,22,25-27,31,36-37,41,50,57,65H,17-18,20-21,23-24,28-30,32-35H2,1-4H3,(H,56,58)(H,59,64)/t37-,50?,54-. The molecule has 2 aromatic heterocycles. The van der Waals surface area contributed by atoms with E-state index in [1.165, 1.54) is 35.0 Å². The van der Waals surface area contributed by atoms with E-state index >= 15 is 0 Å². The van der Waals surface area contributed by atoms with Gasteiger partial charge in [-0.1, -0.05) is 50.2 Å². The normalized spacial score (nSPS) is 21.6. The number of amides is 1. The maximum Gasteiger partial charge on any atom is 0.293 e. The quantitative estimate of drug-likeness (QED) is 0.0530. The van der Waals surface area contributed by atoms with Gasteiger partial charge in [-0.25, -0.2) is 18.1 Å². The first kappa shape index (κ1) is 49.1. The SMILES string of the molecule is COc1ccc(CN2CCN(C3CC4(C3)CN(c3ccc(C(=O)NS(=O)(=O)c5ccc(NC[C@H]6CC[C@](C)(O)CC6)c([N+](=O)[O-])c5)c(Oc5cnc6[nH]ccc6c5)c3)C4)C(c3ccccc3C(C)C)C2)cc1. The summed E-state index contributed by atoms with van der Waals surface area (Å²) in [7, 11) is -2.89. The molecular weight excluding hydrogens is 933 g/mol. The first-order chi connectivity index (χ1) is 34.5. The van der Waals surface area contributed by atoms with Crippen LogP contribution in [-0.4, -0.2) is 102 Å². The van der Waals surface area contributed by atoms with Gasteiger partial charge in [0.25, 0.3) is 21.6 Å². The van der Waals surface area contributed by atoms with E-state index in [4.69, 9.17) is 9.47 Å². The van der Waals surface area contributed by atoms with Gasteiger partial charge in [0.15, 0.2) is 0 Å². The molecule has 2 saturated carbocycles. The average Bonchev–Trinajstić information content (AvgIpc) is 3.81. The number of H-pyrrole nitrogens is 1. The zero-order chi connectivity index (χ0) is 50.4. The Morgan fingerprint density at radius 3 is 2.47 bits per heavy atom. The van der Waals surface area contributed by atoms with E-state index < -0.39 is 37.0 Å². The molecule has 4 N–H and O–H groups in total. The number of aromatic nitrogens is 2. The van der Waals surface area contributed by atoms with Gasteiger partial charge >= 0.3 is 0 Å². The number of methoxy groups -OCH3 is 1. The number of rotatable bonds is 16. The van der Waals surface area contributed by atoms with Gasteiger partial charge in [0.1, 0.15) is 28.6 Å². The van der Waals surface area contributed by atoms with Crippen molar-refractivity contribution in [2.24, 2.45) is 11.3 Å². The third kappa shape index (κ3) is 10.4. The Morgan fingerprint density at radius 1 is 0.972 bits per heavy atom. The Hall–Kier alpha value is -6.53. The van der Waals surface area contributed by atoms with Crippen LogP contribution in [0.25, 0.3) is 11.0 Å². The Balaban J connectivity index is 0.839. The number of sulfonamides is 1. The highest BCUT2D eigenvalue weighted by Crippen LogP contribution is 2.54. The van der Waals surface area contributed by atoms with E-state index in [2.05, 4.69) is 85.0 Å². The molecule has 4 aromatic carbocycles. The molecule has 17 heteroatoms. The predicted octanol–water partition coefficient (Wildman–Crippen LogP) is 9.40. The number of fused-ring (bicyclic) bond motifs is 1. The van der Waals surface area contributed by atoms with Crippen molar-refractivity contribution in [3.05, 3.63) is 142 Å². The van der Waals surface area contributed by atoms with Crippen molar-refractivity contribution < 1.29 is 32.7 Å². The summed E-state index contributed by atoms with van der Waals surface area (Å²) in [5.74, 6) is 0.999. The highest BCUT2D eigenvalue weighted by atomic mass is 32.2. The van der Waals surface area contributed by atoms with Crippen molar-refractivity contribution in [2.75, 3.05) is 56.6 Å². The van der Waals surface area contributed by atoms with E-state index in [9.17, 15) is 28.4 Å². The van der Waals surface area contributed by atoms with Gasteiger partial charge in [-0.15, -0.1) is 0 Å². The fourth-order valence-electron chi connectivity index (χ4n) is 11.5. The van der Waals surface area contributed by atoms with Crippen molar-refractivity contribution >= 4 is 44.0 Å². The monoisotopic (exact) mass is 996 g/mol. The number of nitrogens with one attached hydrogen (secondary N) is 3. The van der Waals surface area contributed by atoms with Gasteiger partial charge in [0, 0.05) is 92.7 Å². The summed E-state index contributed by atoms with van der Waals surface area (Å²) in [6, 6.07) is 30.4. The van der Waals surface area contributed by atoms with Crippen LogP contribution in [0.3, 0.4) is 0 Å². The number of hydrogen-bond donors (Lipinski definition) is 4. The molecule has 1 atom stereocenters. The van der Waals surface area contributed by atoms with Gasteiger partial charge in [0.2, 0.25) is 0 Å². The largest absolute Gasteiger partial charge is 0.497 e. The van der Waals surface area contributed by atoms with Crippen LogP contribution in [0.2, 0.25) is 0 Å².